The van der Waals surface area contributed by atoms with Gasteiger partial charge in [-0.05, 0) is 13.3 Å². The lowest BCUT2D eigenvalue weighted by Gasteiger charge is -2.09. The molecule has 0 heterocycles. The lowest BCUT2D eigenvalue weighted by molar-refractivity contribution is 0.385. The van der Waals surface area contributed by atoms with E-state index < -0.39 is 10.1 Å². The van der Waals surface area contributed by atoms with Crippen molar-refractivity contribution in [2.75, 3.05) is 7.11 Å². The van der Waals surface area contributed by atoms with Crippen molar-refractivity contribution in [3.63, 3.8) is 0 Å². The van der Waals surface area contributed by atoms with E-state index in [1.54, 1.807) is 6.92 Å². The molecule has 0 unspecified atom stereocenters. The van der Waals surface area contributed by atoms with E-state index in [9.17, 15) is 8.42 Å². The van der Waals surface area contributed by atoms with Crippen molar-refractivity contribution in [1.29, 1.82) is 0 Å². The van der Waals surface area contributed by atoms with Crippen LogP contribution in [0.2, 0.25) is 0 Å². The second kappa shape index (κ2) is 6.38. The van der Waals surface area contributed by atoms with Gasteiger partial charge >= 0.3 is 0 Å². The van der Waals surface area contributed by atoms with Gasteiger partial charge < -0.3 is 0 Å². The van der Waals surface area contributed by atoms with Gasteiger partial charge in [0, 0.05) is 0 Å². The van der Waals surface area contributed by atoms with E-state index in [0.717, 1.165) is 12.8 Å². The molecule has 13 heavy (non-hydrogen) atoms. The van der Waals surface area contributed by atoms with Gasteiger partial charge in [-0.3, -0.25) is 4.18 Å². The largest absolute Gasteiger partial charge is 0.273 e. The molecule has 0 bridgehead atoms. The van der Waals surface area contributed by atoms with Crippen molar-refractivity contribution < 1.29 is 12.6 Å². The zero-order chi connectivity index (χ0) is 10.3. The topological polar surface area (TPSA) is 43.4 Å². The highest BCUT2D eigenvalue weighted by Crippen LogP contribution is 2.12. The SMILES string of the molecule is CCCCCC[C@@H](C)S(=O)(=O)OC. The molecule has 0 aromatic carbocycles. The van der Waals surface area contributed by atoms with E-state index in [0.29, 0.717) is 6.42 Å². The van der Waals surface area contributed by atoms with Gasteiger partial charge in [0.25, 0.3) is 10.1 Å². The van der Waals surface area contributed by atoms with Crippen LogP contribution in [0.5, 0.6) is 0 Å². The van der Waals surface area contributed by atoms with Gasteiger partial charge in [0.2, 0.25) is 0 Å². The monoisotopic (exact) mass is 208 g/mol. The maximum absolute atomic E-state index is 11.1. The van der Waals surface area contributed by atoms with E-state index in [1.807, 2.05) is 0 Å². The fourth-order valence-electron chi connectivity index (χ4n) is 1.17. The van der Waals surface area contributed by atoms with E-state index in [4.69, 9.17) is 0 Å². The molecule has 0 saturated carbocycles. The van der Waals surface area contributed by atoms with E-state index >= 15 is 0 Å². The van der Waals surface area contributed by atoms with Gasteiger partial charge in [0.15, 0.2) is 0 Å². The van der Waals surface area contributed by atoms with Gasteiger partial charge in [-0.2, -0.15) is 8.42 Å². The fourth-order valence-corrected chi connectivity index (χ4v) is 1.95. The molecule has 0 radical (unpaired) electrons. The maximum atomic E-state index is 11.1. The van der Waals surface area contributed by atoms with Crippen molar-refractivity contribution in [2.45, 2.75) is 51.2 Å². The Morgan fingerprint density at radius 1 is 1.23 bits per heavy atom. The second-order valence-electron chi connectivity index (χ2n) is 3.32. The minimum atomic E-state index is -3.29. The molecule has 0 aromatic heterocycles. The van der Waals surface area contributed by atoms with Gasteiger partial charge in [0.1, 0.15) is 0 Å². The summed E-state index contributed by atoms with van der Waals surface area (Å²) in [6.07, 6.45) is 5.14. The Bertz CT molecular complexity index is 209. The van der Waals surface area contributed by atoms with Crippen LogP contribution < -0.4 is 0 Å². The molecule has 0 aliphatic heterocycles. The molecule has 1 atom stereocenters. The molecule has 4 heteroatoms. The molecule has 3 nitrogen and oxygen atoms in total. The van der Waals surface area contributed by atoms with Crippen LogP contribution in [-0.4, -0.2) is 20.8 Å². The van der Waals surface area contributed by atoms with Crippen LogP contribution in [0.25, 0.3) is 0 Å². The molecule has 0 aromatic rings. The smallest absolute Gasteiger partial charge is 0.269 e. The summed E-state index contributed by atoms with van der Waals surface area (Å²) in [5.41, 5.74) is 0. The first-order valence-electron chi connectivity index (χ1n) is 4.84. The van der Waals surface area contributed by atoms with Crippen molar-refractivity contribution in [1.82, 2.24) is 0 Å². The standard InChI is InChI=1S/C9H20O3S/c1-4-5-6-7-8-9(2)13(10,11)12-3/h9H,4-8H2,1-3H3/t9-/m1/s1. The second-order valence-corrected chi connectivity index (χ2v) is 5.44. The van der Waals surface area contributed by atoms with Crippen LogP contribution in [0.15, 0.2) is 0 Å². The average Bonchev–Trinajstić information content (AvgIpc) is 2.12. The highest BCUT2D eigenvalue weighted by molar-refractivity contribution is 7.87. The highest BCUT2D eigenvalue weighted by atomic mass is 32.2. The Balaban J connectivity index is 3.69. The summed E-state index contributed by atoms with van der Waals surface area (Å²) in [5.74, 6) is 0. The molecule has 0 rings (SSSR count). The Hall–Kier alpha value is -0.0900. The zero-order valence-corrected chi connectivity index (χ0v) is 9.56. The summed E-state index contributed by atoms with van der Waals surface area (Å²) in [5, 5.41) is -0.366. The molecule has 0 fully saturated rings. The van der Waals surface area contributed by atoms with Gasteiger partial charge in [0.05, 0.1) is 12.4 Å². The normalized spacial score (nSPS) is 14.4. The van der Waals surface area contributed by atoms with Gasteiger partial charge in [-0.15, -0.1) is 0 Å². The Morgan fingerprint density at radius 3 is 2.31 bits per heavy atom. The molecular weight excluding hydrogens is 188 g/mol. The number of unbranched alkanes of at least 4 members (excludes halogenated alkanes) is 3. The van der Waals surface area contributed by atoms with Crippen LogP contribution in [0.4, 0.5) is 0 Å². The molecule has 0 amide bonds. The summed E-state index contributed by atoms with van der Waals surface area (Å²) in [6, 6.07) is 0. The summed E-state index contributed by atoms with van der Waals surface area (Å²) < 4.78 is 26.7. The third kappa shape index (κ3) is 5.26. The number of rotatable bonds is 7. The molecular formula is C9H20O3S. The molecule has 0 spiro atoms. The number of hydrogen-bond acceptors (Lipinski definition) is 3. The Kier molecular flexibility index (Phi) is 6.33. The zero-order valence-electron chi connectivity index (χ0n) is 8.75. The molecule has 0 saturated heterocycles. The van der Waals surface area contributed by atoms with Gasteiger partial charge in [-0.1, -0.05) is 32.6 Å². The molecule has 0 aliphatic rings. The van der Waals surface area contributed by atoms with Crippen molar-refractivity contribution in [3.8, 4) is 0 Å². The Morgan fingerprint density at radius 2 is 1.85 bits per heavy atom. The van der Waals surface area contributed by atoms with Crippen molar-refractivity contribution in [2.24, 2.45) is 0 Å². The molecule has 0 aliphatic carbocycles. The minimum Gasteiger partial charge on any atom is -0.273 e. The van der Waals surface area contributed by atoms with Gasteiger partial charge in [-0.25, -0.2) is 0 Å². The third-order valence-corrected chi connectivity index (χ3v) is 3.88. The fraction of sp³-hybridized carbons (Fsp3) is 1.00. The number of hydrogen-bond donors (Lipinski definition) is 0. The highest BCUT2D eigenvalue weighted by Gasteiger charge is 2.18. The lowest BCUT2D eigenvalue weighted by atomic mass is 10.1. The van der Waals surface area contributed by atoms with Crippen LogP contribution in [0.3, 0.4) is 0 Å². The van der Waals surface area contributed by atoms with E-state index in [2.05, 4.69) is 11.1 Å². The minimum absolute atomic E-state index is 0.366. The summed E-state index contributed by atoms with van der Waals surface area (Å²) >= 11 is 0. The summed E-state index contributed by atoms with van der Waals surface area (Å²) in [4.78, 5) is 0. The Labute approximate surface area is 81.6 Å². The van der Waals surface area contributed by atoms with Crippen LogP contribution in [0.1, 0.15) is 46.0 Å². The quantitative estimate of drug-likeness (QED) is 0.476. The van der Waals surface area contributed by atoms with Crippen LogP contribution in [-0.2, 0) is 14.3 Å². The predicted molar refractivity (Wildman–Crippen MR) is 54.1 cm³/mol. The lowest BCUT2D eigenvalue weighted by Crippen LogP contribution is -2.18. The summed E-state index contributed by atoms with van der Waals surface area (Å²) in [7, 11) is -2.07. The first-order chi connectivity index (χ1) is 6.04. The van der Waals surface area contributed by atoms with E-state index in [1.165, 1.54) is 20.0 Å². The van der Waals surface area contributed by atoms with Crippen molar-refractivity contribution in [3.05, 3.63) is 0 Å². The van der Waals surface area contributed by atoms with Crippen LogP contribution in [0, 0.1) is 0 Å². The third-order valence-electron chi connectivity index (χ3n) is 2.19. The molecule has 0 N–H and O–H groups in total. The van der Waals surface area contributed by atoms with Crippen LogP contribution >= 0.6 is 0 Å². The summed E-state index contributed by atoms with van der Waals surface area (Å²) in [6.45, 7) is 3.83. The first-order valence-corrected chi connectivity index (χ1v) is 6.31. The predicted octanol–water partition coefficient (Wildman–Crippen LogP) is 2.32. The van der Waals surface area contributed by atoms with E-state index in [-0.39, 0.29) is 5.25 Å². The first kappa shape index (κ1) is 12.9. The van der Waals surface area contributed by atoms with Crippen molar-refractivity contribution >= 4 is 10.1 Å². The molecule has 80 valence electrons. The maximum Gasteiger partial charge on any atom is 0.269 e. The average molecular weight is 208 g/mol.